The van der Waals surface area contributed by atoms with Crippen LogP contribution in [0.1, 0.15) is 37.8 Å². The fourth-order valence-electron chi connectivity index (χ4n) is 2.49. The van der Waals surface area contributed by atoms with Gasteiger partial charge in [-0.15, -0.1) is 0 Å². The van der Waals surface area contributed by atoms with Crippen LogP contribution in [0.2, 0.25) is 0 Å². The molecule has 2 rings (SSSR count). The molecule has 1 aromatic rings. The largest absolute Gasteiger partial charge is 0.391 e. The van der Waals surface area contributed by atoms with E-state index in [4.69, 9.17) is 4.98 Å². The Labute approximate surface area is 120 Å². The summed E-state index contributed by atoms with van der Waals surface area (Å²) in [6.07, 6.45) is 2.05. The van der Waals surface area contributed by atoms with Crippen LogP contribution >= 0.6 is 11.3 Å². The Balaban J connectivity index is 2.03. The van der Waals surface area contributed by atoms with Crippen LogP contribution in [-0.2, 0) is 13.0 Å². The van der Waals surface area contributed by atoms with Crippen molar-refractivity contribution in [3.8, 4) is 0 Å². The van der Waals surface area contributed by atoms with Gasteiger partial charge in [-0.05, 0) is 20.3 Å². The molecule has 19 heavy (non-hydrogen) atoms. The lowest BCUT2D eigenvalue weighted by atomic mass is 10.2. The summed E-state index contributed by atoms with van der Waals surface area (Å²) in [4.78, 5) is 10.6. The third kappa shape index (κ3) is 3.46. The van der Waals surface area contributed by atoms with Crippen molar-refractivity contribution in [2.45, 2.75) is 46.3 Å². The molecule has 1 N–H and O–H groups in total. The van der Waals surface area contributed by atoms with Crippen LogP contribution < -0.4 is 4.90 Å². The lowest BCUT2D eigenvalue weighted by Gasteiger charge is -2.36. The van der Waals surface area contributed by atoms with Gasteiger partial charge in [0.15, 0.2) is 5.13 Å². The van der Waals surface area contributed by atoms with Crippen LogP contribution in [0.3, 0.4) is 0 Å². The molecular weight excluding hydrogens is 258 g/mol. The number of piperazine rings is 1. The molecule has 5 heteroatoms. The van der Waals surface area contributed by atoms with Gasteiger partial charge in [0, 0.05) is 32.2 Å². The first-order valence-corrected chi connectivity index (χ1v) is 8.05. The Morgan fingerprint density at radius 2 is 1.95 bits per heavy atom. The second-order valence-electron chi connectivity index (χ2n) is 5.39. The van der Waals surface area contributed by atoms with E-state index < -0.39 is 0 Å². The normalized spacial score (nSPS) is 17.4. The summed E-state index contributed by atoms with van der Waals surface area (Å²) in [5, 5.41) is 10.5. The monoisotopic (exact) mass is 283 g/mol. The van der Waals surface area contributed by atoms with Crippen molar-refractivity contribution < 1.29 is 5.11 Å². The summed E-state index contributed by atoms with van der Waals surface area (Å²) < 4.78 is 0. The molecule has 108 valence electrons. The molecule has 0 bridgehead atoms. The Morgan fingerprint density at radius 1 is 1.26 bits per heavy atom. The summed E-state index contributed by atoms with van der Waals surface area (Å²) in [6, 6.07) is 0.627. The van der Waals surface area contributed by atoms with Crippen molar-refractivity contribution in [3.05, 3.63) is 10.6 Å². The fourth-order valence-corrected chi connectivity index (χ4v) is 3.51. The van der Waals surface area contributed by atoms with E-state index in [9.17, 15) is 5.11 Å². The fraction of sp³-hybridized carbons (Fsp3) is 0.786. The molecule has 1 aliphatic rings. The van der Waals surface area contributed by atoms with Crippen LogP contribution in [0.4, 0.5) is 5.13 Å². The van der Waals surface area contributed by atoms with Crippen LogP contribution in [0, 0.1) is 0 Å². The van der Waals surface area contributed by atoms with Gasteiger partial charge in [-0.2, -0.15) is 0 Å². The van der Waals surface area contributed by atoms with E-state index in [0.717, 1.165) is 54.7 Å². The number of anilines is 1. The van der Waals surface area contributed by atoms with Gasteiger partial charge in [-0.25, -0.2) is 4.98 Å². The third-order valence-electron chi connectivity index (χ3n) is 3.71. The van der Waals surface area contributed by atoms with Gasteiger partial charge in [0.25, 0.3) is 0 Å². The zero-order valence-corrected chi connectivity index (χ0v) is 13.0. The smallest absolute Gasteiger partial charge is 0.185 e. The Kier molecular flexibility index (Phi) is 5.19. The quantitative estimate of drug-likeness (QED) is 0.898. The average molecular weight is 283 g/mol. The minimum atomic E-state index is 0.124. The predicted octanol–water partition coefficient (Wildman–Crippen LogP) is 2.12. The highest BCUT2D eigenvalue weighted by Crippen LogP contribution is 2.28. The van der Waals surface area contributed by atoms with Crippen LogP contribution in [0.15, 0.2) is 0 Å². The average Bonchev–Trinajstić information content (AvgIpc) is 2.82. The van der Waals surface area contributed by atoms with Gasteiger partial charge in [0.1, 0.15) is 0 Å². The standard InChI is InChI=1S/C14H25N3OS/c1-4-5-12-13(10-18)19-14(15-12)17-8-6-16(7-9-17)11(2)3/h11,18H,4-10H2,1-3H3. The lowest BCUT2D eigenvalue weighted by Crippen LogP contribution is -2.48. The topological polar surface area (TPSA) is 39.6 Å². The molecule has 0 unspecified atom stereocenters. The number of aryl methyl sites for hydroxylation is 1. The maximum atomic E-state index is 9.42. The summed E-state index contributed by atoms with van der Waals surface area (Å²) in [5.74, 6) is 0. The van der Waals surface area contributed by atoms with Crippen LogP contribution in [0.25, 0.3) is 0 Å². The van der Waals surface area contributed by atoms with Crippen molar-refractivity contribution in [1.82, 2.24) is 9.88 Å². The van der Waals surface area contributed by atoms with E-state index in [1.165, 1.54) is 0 Å². The molecule has 1 aromatic heterocycles. The maximum Gasteiger partial charge on any atom is 0.185 e. The zero-order chi connectivity index (χ0) is 13.8. The molecule has 0 amide bonds. The molecule has 0 radical (unpaired) electrons. The number of hydrogen-bond acceptors (Lipinski definition) is 5. The highest BCUT2D eigenvalue weighted by molar-refractivity contribution is 7.15. The second-order valence-corrected chi connectivity index (χ2v) is 6.45. The summed E-state index contributed by atoms with van der Waals surface area (Å²) in [6.45, 7) is 11.1. The van der Waals surface area contributed by atoms with E-state index in [1.54, 1.807) is 11.3 Å². The van der Waals surface area contributed by atoms with Gasteiger partial charge < -0.3 is 10.0 Å². The van der Waals surface area contributed by atoms with Crippen LogP contribution in [-0.4, -0.2) is 47.2 Å². The Hall–Kier alpha value is -0.650. The molecule has 0 atom stereocenters. The number of thiazole rings is 1. The molecule has 0 aromatic carbocycles. The number of rotatable bonds is 5. The van der Waals surface area contributed by atoms with Crippen molar-refractivity contribution >= 4 is 16.5 Å². The minimum absolute atomic E-state index is 0.124. The number of hydrogen-bond donors (Lipinski definition) is 1. The summed E-state index contributed by atoms with van der Waals surface area (Å²) in [7, 11) is 0. The lowest BCUT2D eigenvalue weighted by molar-refractivity contribution is 0.209. The SMILES string of the molecule is CCCc1nc(N2CCN(C(C)C)CC2)sc1CO. The molecule has 2 heterocycles. The van der Waals surface area contributed by atoms with Crippen LogP contribution in [0.5, 0.6) is 0 Å². The summed E-state index contributed by atoms with van der Waals surface area (Å²) >= 11 is 1.66. The number of aliphatic hydroxyl groups excluding tert-OH is 1. The highest BCUT2D eigenvalue weighted by atomic mass is 32.1. The van der Waals surface area contributed by atoms with Gasteiger partial charge in [-0.3, -0.25) is 4.90 Å². The number of nitrogens with zero attached hydrogens (tertiary/aromatic N) is 3. The zero-order valence-electron chi connectivity index (χ0n) is 12.2. The van der Waals surface area contributed by atoms with Crippen molar-refractivity contribution in [2.75, 3.05) is 31.1 Å². The molecule has 4 nitrogen and oxygen atoms in total. The molecular formula is C14H25N3OS. The number of aromatic nitrogens is 1. The second kappa shape index (κ2) is 6.68. The third-order valence-corrected chi connectivity index (χ3v) is 4.86. The van der Waals surface area contributed by atoms with Gasteiger partial charge in [0.05, 0.1) is 17.2 Å². The van der Waals surface area contributed by atoms with Crippen molar-refractivity contribution in [2.24, 2.45) is 0 Å². The van der Waals surface area contributed by atoms with E-state index in [2.05, 4.69) is 30.6 Å². The van der Waals surface area contributed by atoms with E-state index in [1.807, 2.05) is 0 Å². The van der Waals surface area contributed by atoms with Crippen molar-refractivity contribution in [3.63, 3.8) is 0 Å². The Morgan fingerprint density at radius 3 is 2.47 bits per heavy atom. The minimum Gasteiger partial charge on any atom is -0.391 e. The van der Waals surface area contributed by atoms with Crippen molar-refractivity contribution in [1.29, 1.82) is 0 Å². The first-order valence-electron chi connectivity index (χ1n) is 7.24. The van der Waals surface area contributed by atoms with E-state index in [0.29, 0.717) is 6.04 Å². The molecule has 1 fully saturated rings. The van der Waals surface area contributed by atoms with Gasteiger partial charge in [-0.1, -0.05) is 24.7 Å². The predicted molar refractivity (Wildman–Crippen MR) is 81.0 cm³/mol. The maximum absolute atomic E-state index is 9.42. The Bertz CT molecular complexity index is 397. The highest BCUT2D eigenvalue weighted by Gasteiger charge is 2.22. The first kappa shape index (κ1) is 14.8. The van der Waals surface area contributed by atoms with Gasteiger partial charge in [0.2, 0.25) is 0 Å². The molecule has 0 spiro atoms. The first-order chi connectivity index (χ1) is 9.15. The number of aliphatic hydroxyl groups is 1. The van der Waals surface area contributed by atoms with Gasteiger partial charge >= 0.3 is 0 Å². The molecule has 1 saturated heterocycles. The molecule has 1 aliphatic heterocycles. The molecule has 0 saturated carbocycles. The van der Waals surface area contributed by atoms with E-state index in [-0.39, 0.29) is 6.61 Å². The molecule has 0 aliphatic carbocycles. The van der Waals surface area contributed by atoms with E-state index >= 15 is 0 Å². The summed E-state index contributed by atoms with van der Waals surface area (Å²) in [5.41, 5.74) is 1.09.